The molecule has 0 rings (SSSR count). The monoisotopic (exact) mass is 415 g/mol. The highest BCUT2D eigenvalue weighted by molar-refractivity contribution is 6.08. The second-order valence-corrected chi connectivity index (χ2v) is 7.37. The Labute approximate surface area is 181 Å². The van der Waals surface area contributed by atoms with Crippen LogP contribution in [0.2, 0.25) is 0 Å². The number of carboxylic acid groups (broad SMARTS) is 1. The summed E-state index contributed by atoms with van der Waals surface area (Å²) >= 11 is 0. The minimum absolute atomic E-state index is 0.201. The molecule has 3 unspecified atom stereocenters. The van der Waals surface area contributed by atoms with Crippen molar-refractivity contribution < 1.29 is 19.5 Å². The number of aliphatic carboxylic acids is 1. The van der Waals surface area contributed by atoms with Gasteiger partial charge in [-0.05, 0) is 44.1 Å². The van der Waals surface area contributed by atoms with Gasteiger partial charge in [0.05, 0.1) is 5.92 Å². The minimum atomic E-state index is -1.22. The summed E-state index contributed by atoms with van der Waals surface area (Å²) in [6.07, 6.45) is 15.5. The van der Waals surface area contributed by atoms with E-state index in [0.717, 1.165) is 18.5 Å². The lowest BCUT2D eigenvalue weighted by Crippen LogP contribution is -2.28. The number of rotatable bonds is 16. The topological polar surface area (TPSA) is 74.7 Å². The van der Waals surface area contributed by atoms with E-state index in [4.69, 9.17) is 5.11 Å². The van der Waals surface area contributed by atoms with Crippen LogP contribution in [0.25, 0.3) is 0 Å². The van der Waals surface area contributed by atoms with Gasteiger partial charge in [-0.2, -0.15) is 0 Å². The van der Waals surface area contributed by atoms with Crippen LogP contribution in [0, 0.1) is 17.8 Å². The van der Waals surface area contributed by atoms with Gasteiger partial charge in [0.25, 0.3) is 0 Å². The first kappa shape index (κ1) is 27.3. The standard InChI is InChI=1S/C25H37NO4/c1-7-11-13-20(8-2)14-12-15-21(9-3)18-26(6)22(10-4)16-23(19(5)27)24(28)17-25(29)30/h7,9,11-14,16,20-21,23H,1,3,8,10,15,17-18H2,2,4-6H3,(H,29,30)/b13-11-,14-12+,22-16?. The summed E-state index contributed by atoms with van der Waals surface area (Å²) in [6.45, 7) is 13.7. The Hall–Kier alpha value is -2.69. The number of carboxylic acids is 1. The van der Waals surface area contributed by atoms with E-state index in [1.807, 2.05) is 31.0 Å². The summed E-state index contributed by atoms with van der Waals surface area (Å²) in [5.41, 5.74) is 0.838. The summed E-state index contributed by atoms with van der Waals surface area (Å²) in [5, 5.41) is 8.86. The molecule has 3 atom stereocenters. The molecule has 1 N–H and O–H groups in total. The fourth-order valence-electron chi connectivity index (χ4n) is 3.10. The second kappa shape index (κ2) is 15.2. The molecule has 0 amide bonds. The molecule has 0 aromatic heterocycles. The number of carbonyl (C=O) groups is 3. The van der Waals surface area contributed by atoms with Crippen molar-refractivity contribution in [2.75, 3.05) is 13.6 Å². The van der Waals surface area contributed by atoms with E-state index in [2.05, 4.69) is 38.3 Å². The largest absolute Gasteiger partial charge is 0.481 e. The Balaban J connectivity index is 5.23. The SMILES string of the molecule is C=C/C=C\C(/C=C/CC(C=C)CN(C)C(=CC(C(C)=O)C(=O)CC(=O)O)CC)CC. The number of nitrogens with zero attached hydrogens (tertiary/aromatic N) is 1. The first-order valence-electron chi connectivity index (χ1n) is 10.4. The van der Waals surface area contributed by atoms with Gasteiger partial charge in [0.15, 0.2) is 5.78 Å². The number of carbonyl (C=O) groups excluding carboxylic acids is 2. The van der Waals surface area contributed by atoms with Crippen LogP contribution in [0.15, 0.2) is 61.4 Å². The van der Waals surface area contributed by atoms with Gasteiger partial charge >= 0.3 is 5.97 Å². The summed E-state index contributed by atoms with van der Waals surface area (Å²) in [7, 11) is 1.91. The Morgan fingerprint density at radius 1 is 1.13 bits per heavy atom. The maximum atomic E-state index is 12.2. The maximum Gasteiger partial charge on any atom is 0.310 e. The second-order valence-electron chi connectivity index (χ2n) is 7.37. The van der Waals surface area contributed by atoms with Crippen LogP contribution in [0.3, 0.4) is 0 Å². The van der Waals surface area contributed by atoms with Gasteiger partial charge in [-0.1, -0.05) is 56.9 Å². The smallest absolute Gasteiger partial charge is 0.310 e. The Morgan fingerprint density at radius 2 is 1.80 bits per heavy atom. The first-order chi connectivity index (χ1) is 14.2. The van der Waals surface area contributed by atoms with E-state index in [1.54, 1.807) is 12.2 Å². The van der Waals surface area contributed by atoms with Crippen LogP contribution in [-0.4, -0.2) is 41.1 Å². The molecule has 0 fully saturated rings. The third kappa shape index (κ3) is 10.7. The average Bonchev–Trinajstić information content (AvgIpc) is 2.69. The van der Waals surface area contributed by atoms with Gasteiger partial charge in [-0.3, -0.25) is 14.4 Å². The van der Waals surface area contributed by atoms with Crippen molar-refractivity contribution in [2.24, 2.45) is 17.8 Å². The fourth-order valence-corrected chi connectivity index (χ4v) is 3.10. The summed E-state index contributed by atoms with van der Waals surface area (Å²) in [5.74, 6) is -2.61. The molecule has 0 spiro atoms. The molecular weight excluding hydrogens is 378 g/mol. The van der Waals surface area contributed by atoms with Crippen molar-refractivity contribution >= 4 is 17.5 Å². The molecule has 0 heterocycles. The van der Waals surface area contributed by atoms with E-state index in [-0.39, 0.29) is 11.7 Å². The lowest BCUT2D eigenvalue weighted by molar-refractivity contribution is -0.141. The Kier molecular flexibility index (Phi) is 13.8. The third-order valence-corrected chi connectivity index (χ3v) is 4.95. The predicted octanol–water partition coefficient (Wildman–Crippen LogP) is 4.98. The van der Waals surface area contributed by atoms with E-state index < -0.39 is 24.1 Å². The van der Waals surface area contributed by atoms with Crippen LogP contribution >= 0.6 is 0 Å². The van der Waals surface area contributed by atoms with Gasteiger partial charge in [0.1, 0.15) is 12.2 Å². The normalized spacial score (nSPS) is 15.0. The molecule has 30 heavy (non-hydrogen) atoms. The fraction of sp³-hybridized carbons (Fsp3) is 0.480. The van der Waals surface area contributed by atoms with Gasteiger partial charge < -0.3 is 10.0 Å². The minimum Gasteiger partial charge on any atom is -0.481 e. The molecule has 0 aromatic rings. The summed E-state index contributed by atoms with van der Waals surface area (Å²) in [6, 6.07) is 0. The molecule has 0 radical (unpaired) electrons. The lowest BCUT2D eigenvalue weighted by Gasteiger charge is -2.26. The number of Topliss-reactive ketones (excluding diaryl/α,β-unsaturated/α-hetero) is 2. The van der Waals surface area contributed by atoms with Crippen molar-refractivity contribution in [1.29, 1.82) is 0 Å². The van der Waals surface area contributed by atoms with Crippen LogP contribution in [0.5, 0.6) is 0 Å². The molecule has 0 aromatic carbocycles. The third-order valence-electron chi connectivity index (χ3n) is 4.95. The first-order valence-corrected chi connectivity index (χ1v) is 10.4. The van der Waals surface area contributed by atoms with Crippen molar-refractivity contribution in [3.8, 4) is 0 Å². The molecule has 0 aliphatic carbocycles. The highest BCUT2D eigenvalue weighted by atomic mass is 16.4. The van der Waals surface area contributed by atoms with Gasteiger partial charge in [0, 0.05) is 19.3 Å². The highest BCUT2D eigenvalue weighted by Crippen LogP contribution is 2.18. The number of ketones is 2. The lowest BCUT2D eigenvalue weighted by atomic mass is 9.95. The van der Waals surface area contributed by atoms with E-state index in [1.165, 1.54) is 6.92 Å². The van der Waals surface area contributed by atoms with Crippen LogP contribution in [-0.2, 0) is 14.4 Å². The average molecular weight is 416 g/mol. The van der Waals surface area contributed by atoms with Crippen LogP contribution < -0.4 is 0 Å². The van der Waals surface area contributed by atoms with Crippen LogP contribution in [0.4, 0.5) is 0 Å². The number of hydrogen-bond acceptors (Lipinski definition) is 4. The van der Waals surface area contributed by atoms with Crippen molar-refractivity contribution in [2.45, 2.75) is 46.5 Å². The molecule has 166 valence electrons. The Bertz CT molecular complexity index is 687. The van der Waals surface area contributed by atoms with Crippen molar-refractivity contribution in [3.63, 3.8) is 0 Å². The molecule has 5 heteroatoms. The van der Waals surface area contributed by atoms with E-state index in [0.29, 0.717) is 18.9 Å². The molecule has 0 aliphatic heterocycles. The molecule has 0 saturated heterocycles. The number of allylic oxidation sites excluding steroid dienone is 7. The van der Waals surface area contributed by atoms with Crippen LogP contribution in [0.1, 0.15) is 46.5 Å². The van der Waals surface area contributed by atoms with E-state index >= 15 is 0 Å². The van der Waals surface area contributed by atoms with Gasteiger partial charge in [-0.25, -0.2) is 0 Å². The van der Waals surface area contributed by atoms with E-state index in [9.17, 15) is 14.4 Å². The molecular formula is C25H37NO4. The quantitative estimate of drug-likeness (QED) is 0.219. The molecule has 0 aliphatic rings. The zero-order valence-corrected chi connectivity index (χ0v) is 18.8. The molecule has 0 saturated carbocycles. The zero-order chi connectivity index (χ0) is 23.1. The summed E-state index contributed by atoms with van der Waals surface area (Å²) in [4.78, 5) is 36.9. The molecule has 0 bridgehead atoms. The van der Waals surface area contributed by atoms with Crippen molar-refractivity contribution in [1.82, 2.24) is 4.90 Å². The Morgan fingerprint density at radius 3 is 2.27 bits per heavy atom. The predicted molar refractivity (Wildman–Crippen MR) is 123 cm³/mol. The zero-order valence-electron chi connectivity index (χ0n) is 18.8. The number of hydrogen-bond donors (Lipinski definition) is 1. The summed E-state index contributed by atoms with van der Waals surface area (Å²) < 4.78 is 0. The highest BCUT2D eigenvalue weighted by Gasteiger charge is 2.24. The molecule has 5 nitrogen and oxygen atoms in total. The van der Waals surface area contributed by atoms with Crippen molar-refractivity contribution in [3.05, 3.63) is 61.4 Å². The van der Waals surface area contributed by atoms with Gasteiger partial charge in [-0.15, -0.1) is 6.58 Å². The van der Waals surface area contributed by atoms with Gasteiger partial charge in [0.2, 0.25) is 0 Å². The maximum absolute atomic E-state index is 12.2.